The molecule has 0 saturated heterocycles. The zero-order chi connectivity index (χ0) is 15.8. The van der Waals surface area contributed by atoms with Crippen LogP contribution in [-0.2, 0) is 6.54 Å². The first-order valence-corrected chi connectivity index (χ1v) is 7.41. The molecule has 1 N–H and O–H groups in total. The number of nitrogens with zero attached hydrogens (tertiary/aromatic N) is 4. The van der Waals surface area contributed by atoms with E-state index in [-0.39, 0.29) is 5.91 Å². The van der Waals surface area contributed by atoms with Crippen LogP contribution in [0.25, 0.3) is 0 Å². The summed E-state index contributed by atoms with van der Waals surface area (Å²) in [6.07, 6.45) is 6.94. The van der Waals surface area contributed by atoms with E-state index in [1.807, 2.05) is 12.1 Å². The van der Waals surface area contributed by atoms with Gasteiger partial charge in [-0.05, 0) is 24.1 Å². The number of nitrogens with one attached hydrogen (secondary N) is 1. The van der Waals surface area contributed by atoms with E-state index in [2.05, 4.69) is 27.2 Å². The monoisotopic (exact) mass is 299 g/mol. The van der Waals surface area contributed by atoms with Crippen molar-refractivity contribution in [2.45, 2.75) is 26.3 Å². The lowest BCUT2D eigenvalue weighted by molar-refractivity contribution is 0.0787. The predicted octanol–water partition coefficient (Wildman–Crippen LogP) is 2.36. The van der Waals surface area contributed by atoms with Crippen LogP contribution in [0.2, 0.25) is 0 Å². The minimum atomic E-state index is -0.0807. The van der Waals surface area contributed by atoms with Gasteiger partial charge in [-0.3, -0.25) is 9.78 Å². The van der Waals surface area contributed by atoms with Gasteiger partial charge in [0.1, 0.15) is 17.8 Å². The summed E-state index contributed by atoms with van der Waals surface area (Å²) in [4.78, 5) is 26.2. The van der Waals surface area contributed by atoms with E-state index < -0.39 is 0 Å². The van der Waals surface area contributed by atoms with Gasteiger partial charge >= 0.3 is 0 Å². The second-order valence-corrected chi connectivity index (χ2v) is 5.08. The fourth-order valence-corrected chi connectivity index (χ4v) is 1.96. The van der Waals surface area contributed by atoms with Crippen LogP contribution >= 0.6 is 0 Å². The van der Waals surface area contributed by atoms with Gasteiger partial charge in [-0.25, -0.2) is 9.97 Å². The number of aromatic nitrogens is 3. The number of hydrogen-bond acceptors (Lipinski definition) is 5. The van der Waals surface area contributed by atoms with Crippen molar-refractivity contribution in [1.82, 2.24) is 19.9 Å². The molecule has 2 heterocycles. The van der Waals surface area contributed by atoms with E-state index in [9.17, 15) is 4.79 Å². The van der Waals surface area contributed by atoms with Gasteiger partial charge in [-0.1, -0.05) is 13.3 Å². The first kappa shape index (κ1) is 15.9. The summed E-state index contributed by atoms with van der Waals surface area (Å²) >= 11 is 0. The Morgan fingerprint density at radius 1 is 1.27 bits per heavy atom. The van der Waals surface area contributed by atoms with Crippen molar-refractivity contribution in [3.8, 4) is 0 Å². The molecule has 0 aromatic carbocycles. The van der Waals surface area contributed by atoms with Crippen LogP contribution in [-0.4, -0.2) is 39.4 Å². The molecular formula is C16H21N5O. The minimum absolute atomic E-state index is 0.0807. The van der Waals surface area contributed by atoms with E-state index in [0.29, 0.717) is 18.1 Å². The highest BCUT2D eigenvalue weighted by Crippen LogP contribution is 2.09. The minimum Gasteiger partial charge on any atom is -0.366 e. The molecule has 0 aliphatic heterocycles. The summed E-state index contributed by atoms with van der Waals surface area (Å²) in [5.74, 6) is 0.557. The Kier molecular flexibility index (Phi) is 5.82. The van der Waals surface area contributed by atoms with Gasteiger partial charge in [0.05, 0.1) is 0 Å². The molecule has 6 nitrogen and oxygen atoms in total. The molecule has 22 heavy (non-hydrogen) atoms. The Labute approximate surface area is 130 Å². The van der Waals surface area contributed by atoms with Gasteiger partial charge in [0, 0.05) is 38.6 Å². The summed E-state index contributed by atoms with van der Waals surface area (Å²) in [5.41, 5.74) is 1.51. The van der Waals surface area contributed by atoms with E-state index >= 15 is 0 Å². The summed E-state index contributed by atoms with van der Waals surface area (Å²) < 4.78 is 0. The number of rotatable bonds is 7. The van der Waals surface area contributed by atoms with Crippen LogP contribution < -0.4 is 5.32 Å². The maximum Gasteiger partial charge on any atom is 0.272 e. The molecule has 0 atom stereocenters. The normalized spacial score (nSPS) is 10.3. The Balaban J connectivity index is 1.98. The number of carbonyl (C=O) groups is 1. The van der Waals surface area contributed by atoms with E-state index in [0.717, 1.165) is 24.9 Å². The maximum atomic E-state index is 12.3. The molecule has 2 aromatic heterocycles. The summed E-state index contributed by atoms with van der Waals surface area (Å²) in [7, 11) is 1.80. The summed E-state index contributed by atoms with van der Waals surface area (Å²) in [6, 6.07) is 5.55. The molecule has 0 fully saturated rings. The molecule has 0 saturated carbocycles. The first-order valence-electron chi connectivity index (χ1n) is 7.41. The molecule has 2 aromatic rings. The van der Waals surface area contributed by atoms with Crippen molar-refractivity contribution in [1.29, 1.82) is 0 Å². The first-order chi connectivity index (χ1) is 10.7. The van der Waals surface area contributed by atoms with Crippen molar-refractivity contribution in [3.05, 3.63) is 48.2 Å². The summed E-state index contributed by atoms with van der Waals surface area (Å²) in [6.45, 7) is 3.46. The number of pyridine rings is 1. The van der Waals surface area contributed by atoms with Gasteiger partial charge in [0.25, 0.3) is 5.91 Å². The van der Waals surface area contributed by atoms with Crippen LogP contribution in [0.4, 0.5) is 5.82 Å². The second kappa shape index (κ2) is 8.07. The van der Waals surface area contributed by atoms with Crippen molar-refractivity contribution in [3.63, 3.8) is 0 Å². The van der Waals surface area contributed by atoms with Crippen LogP contribution in [0.5, 0.6) is 0 Å². The highest BCUT2D eigenvalue weighted by atomic mass is 16.2. The lowest BCUT2D eigenvalue weighted by Gasteiger charge is -2.16. The number of hydrogen-bond donors (Lipinski definition) is 1. The third-order valence-electron chi connectivity index (χ3n) is 3.30. The maximum absolute atomic E-state index is 12.3. The zero-order valence-electron chi connectivity index (χ0n) is 13.0. The Bertz CT molecular complexity index is 602. The lowest BCUT2D eigenvalue weighted by atomic mass is 10.2. The zero-order valence-corrected chi connectivity index (χ0v) is 13.0. The molecule has 0 spiro atoms. The number of carbonyl (C=O) groups excluding carboxylic acids is 1. The third kappa shape index (κ3) is 4.51. The Morgan fingerprint density at radius 2 is 2.05 bits per heavy atom. The van der Waals surface area contributed by atoms with Crippen molar-refractivity contribution in [2.75, 3.05) is 18.9 Å². The fourth-order valence-electron chi connectivity index (χ4n) is 1.96. The van der Waals surface area contributed by atoms with Crippen molar-refractivity contribution < 1.29 is 4.79 Å². The molecular weight excluding hydrogens is 278 g/mol. The standard InChI is InChI=1S/C16H21N5O/c1-3-4-9-21(2)16(22)14-10-15(20-12-19-14)18-11-13-5-7-17-8-6-13/h5-8,10,12H,3-4,9,11H2,1-2H3,(H,18,19,20). The number of anilines is 1. The van der Waals surface area contributed by atoms with E-state index in [1.54, 1.807) is 30.4 Å². The van der Waals surface area contributed by atoms with Gasteiger partial charge in [0.15, 0.2) is 0 Å². The van der Waals surface area contributed by atoms with E-state index in [1.165, 1.54) is 6.33 Å². The molecule has 0 aliphatic carbocycles. The van der Waals surface area contributed by atoms with Gasteiger partial charge < -0.3 is 10.2 Å². The Morgan fingerprint density at radius 3 is 2.77 bits per heavy atom. The van der Waals surface area contributed by atoms with Crippen molar-refractivity contribution in [2.24, 2.45) is 0 Å². The number of amides is 1. The van der Waals surface area contributed by atoms with Gasteiger partial charge in [0.2, 0.25) is 0 Å². The van der Waals surface area contributed by atoms with Crippen molar-refractivity contribution >= 4 is 11.7 Å². The molecule has 6 heteroatoms. The largest absolute Gasteiger partial charge is 0.366 e. The van der Waals surface area contributed by atoms with E-state index in [4.69, 9.17) is 0 Å². The third-order valence-corrected chi connectivity index (χ3v) is 3.30. The molecule has 0 radical (unpaired) electrons. The van der Waals surface area contributed by atoms with Crippen LogP contribution in [0.3, 0.4) is 0 Å². The van der Waals surface area contributed by atoms with Gasteiger partial charge in [-0.15, -0.1) is 0 Å². The molecule has 1 amide bonds. The molecule has 0 unspecified atom stereocenters. The SMILES string of the molecule is CCCCN(C)C(=O)c1cc(NCc2ccncc2)ncn1. The average molecular weight is 299 g/mol. The molecule has 0 aliphatic rings. The second-order valence-electron chi connectivity index (χ2n) is 5.08. The van der Waals surface area contributed by atoms with Gasteiger partial charge in [-0.2, -0.15) is 0 Å². The highest BCUT2D eigenvalue weighted by Gasteiger charge is 2.13. The van der Waals surface area contributed by atoms with Crippen LogP contribution in [0, 0.1) is 0 Å². The molecule has 116 valence electrons. The number of unbranched alkanes of at least 4 members (excludes halogenated alkanes) is 1. The molecule has 2 rings (SSSR count). The summed E-state index contributed by atoms with van der Waals surface area (Å²) in [5, 5.41) is 3.19. The highest BCUT2D eigenvalue weighted by molar-refractivity contribution is 5.92. The predicted molar refractivity (Wildman–Crippen MR) is 85.5 cm³/mol. The fraction of sp³-hybridized carbons (Fsp3) is 0.375. The smallest absolute Gasteiger partial charge is 0.272 e. The average Bonchev–Trinajstić information content (AvgIpc) is 2.58. The lowest BCUT2D eigenvalue weighted by Crippen LogP contribution is -2.28. The molecule has 0 bridgehead atoms. The topological polar surface area (TPSA) is 71.0 Å². The van der Waals surface area contributed by atoms with Crippen LogP contribution in [0.1, 0.15) is 35.8 Å². The quantitative estimate of drug-likeness (QED) is 0.849. The Hall–Kier alpha value is -2.50. The van der Waals surface area contributed by atoms with Crippen LogP contribution in [0.15, 0.2) is 36.9 Å².